The zero-order chi connectivity index (χ0) is 14.8. The Hall–Kier alpha value is -2.34. The number of hydrogen-bond donors (Lipinski definition) is 1. The molecule has 3 rings (SSSR count). The van der Waals surface area contributed by atoms with Crippen LogP contribution in [-0.4, -0.2) is 54.7 Å². The molecule has 1 atom stereocenters. The van der Waals surface area contributed by atoms with E-state index in [-0.39, 0.29) is 12.5 Å². The normalized spacial score (nSPS) is 18.7. The smallest absolute Gasteiger partial charge is 0.331 e. The molecular formula is C15H16N2O4. The van der Waals surface area contributed by atoms with Crippen LogP contribution in [0.3, 0.4) is 0 Å². The van der Waals surface area contributed by atoms with Gasteiger partial charge in [-0.1, -0.05) is 12.1 Å². The molecule has 2 aromatic rings. The predicted octanol–water partition coefficient (Wildman–Crippen LogP) is 1.18. The molecule has 0 bridgehead atoms. The van der Waals surface area contributed by atoms with E-state index in [4.69, 9.17) is 9.47 Å². The van der Waals surface area contributed by atoms with Crippen molar-refractivity contribution in [2.45, 2.75) is 6.04 Å². The van der Waals surface area contributed by atoms with Gasteiger partial charge < -0.3 is 19.4 Å². The molecule has 0 spiro atoms. The van der Waals surface area contributed by atoms with Gasteiger partial charge in [0.25, 0.3) is 5.91 Å². The van der Waals surface area contributed by atoms with Crippen molar-refractivity contribution in [1.82, 2.24) is 9.88 Å². The number of rotatable bonds is 2. The predicted molar refractivity (Wildman–Crippen MR) is 76.0 cm³/mol. The number of methoxy groups -OCH3 is 1. The average Bonchev–Trinajstić information content (AvgIpc) is 3.02. The Morgan fingerprint density at radius 3 is 3.05 bits per heavy atom. The minimum atomic E-state index is -0.693. The van der Waals surface area contributed by atoms with E-state index in [9.17, 15) is 9.59 Å². The lowest BCUT2D eigenvalue weighted by Gasteiger charge is -2.33. The van der Waals surface area contributed by atoms with Gasteiger partial charge in [0.2, 0.25) is 0 Å². The summed E-state index contributed by atoms with van der Waals surface area (Å²) >= 11 is 0. The first-order chi connectivity index (χ1) is 10.2. The summed E-state index contributed by atoms with van der Waals surface area (Å²) in [4.78, 5) is 29.2. The van der Waals surface area contributed by atoms with Crippen molar-refractivity contribution in [2.75, 3.05) is 26.9 Å². The number of aromatic nitrogens is 1. The van der Waals surface area contributed by atoms with Crippen molar-refractivity contribution in [3.63, 3.8) is 0 Å². The molecular weight excluding hydrogens is 272 g/mol. The van der Waals surface area contributed by atoms with Crippen LogP contribution in [0.1, 0.15) is 10.4 Å². The second kappa shape index (κ2) is 5.57. The summed E-state index contributed by atoms with van der Waals surface area (Å²) in [6.07, 6.45) is 1.79. The standard InChI is InChI=1S/C15H16N2O4/c1-20-15(19)12-9-21-8-7-17(12)14(18)11-4-2-3-10-5-6-16-13(10)11/h2-6,12,16H,7-9H2,1H3. The van der Waals surface area contributed by atoms with E-state index >= 15 is 0 Å². The summed E-state index contributed by atoms with van der Waals surface area (Å²) in [5.74, 6) is -0.650. The second-order valence-corrected chi connectivity index (χ2v) is 4.86. The molecule has 6 heteroatoms. The van der Waals surface area contributed by atoms with Crippen LogP contribution in [0.25, 0.3) is 10.9 Å². The van der Waals surface area contributed by atoms with Gasteiger partial charge in [0.15, 0.2) is 6.04 Å². The van der Waals surface area contributed by atoms with Crippen molar-refractivity contribution in [3.8, 4) is 0 Å². The highest BCUT2D eigenvalue weighted by atomic mass is 16.5. The number of fused-ring (bicyclic) bond motifs is 1. The first kappa shape index (κ1) is 13.6. The lowest BCUT2D eigenvalue weighted by atomic mass is 10.1. The van der Waals surface area contributed by atoms with Gasteiger partial charge in [-0.05, 0) is 12.1 Å². The lowest BCUT2D eigenvalue weighted by Crippen LogP contribution is -2.53. The van der Waals surface area contributed by atoms with Crippen molar-refractivity contribution >= 4 is 22.8 Å². The van der Waals surface area contributed by atoms with Gasteiger partial charge in [-0.3, -0.25) is 4.79 Å². The number of esters is 1. The Morgan fingerprint density at radius 1 is 1.38 bits per heavy atom. The molecule has 1 fully saturated rings. The highest BCUT2D eigenvalue weighted by molar-refractivity contribution is 6.06. The Bertz CT molecular complexity index is 679. The van der Waals surface area contributed by atoms with E-state index in [0.29, 0.717) is 18.7 Å². The number of nitrogens with zero attached hydrogens (tertiary/aromatic N) is 1. The van der Waals surface area contributed by atoms with Crippen molar-refractivity contribution in [1.29, 1.82) is 0 Å². The monoisotopic (exact) mass is 288 g/mol. The maximum Gasteiger partial charge on any atom is 0.331 e. The fourth-order valence-electron chi connectivity index (χ4n) is 2.60. The van der Waals surface area contributed by atoms with Gasteiger partial charge >= 0.3 is 5.97 Å². The highest BCUT2D eigenvalue weighted by Crippen LogP contribution is 2.21. The Balaban J connectivity index is 1.96. The number of nitrogens with one attached hydrogen (secondary N) is 1. The average molecular weight is 288 g/mol. The largest absolute Gasteiger partial charge is 0.467 e. The van der Waals surface area contributed by atoms with Gasteiger partial charge in [0, 0.05) is 18.1 Å². The van der Waals surface area contributed by atoms with Crippen LogP contribution in [0.15, 0.2) is 30.5 Å². The zero-order valence-electron chi connectivity index (χ0n) is 11.7. The van der Waals surface area contributed by atoms with Crippen LogP contribution >= 0.6 is 0 Å². The summed E-state index contributed by atoms with van der Waals surface area (Å²) in [5, 5.41) is 0.962. The third-order valence-electron chi connectivity index (χ3n) is 3.68. The second-order valence-electron chi connectivity index (χ2n) is 4.86. The number of para-hydroxylation sites is 1. The number of carbonyl (C=O) groups is 2. The Kier molecular flexibility index (Phi) is 3.62. The molecule has 21 heavy (non-hydrogen) atoms. The van der Waals surface area contributed by atoms with E-state index in [1.165, 1.54) is 12.0 Å². The molecule has 110 valence electrons. The third-order valence-corrected chi connectivity index (χ3v) is 3.68. The van der Waals surface area contributed by atoms with Gasteiger partial charge in [-0.2, -0.15) is 0 Å². The van der Waals surface area contributed by atoms with E-state index in [2.05, 4.69) is 4.98 Å². The van der Waals surface area contributed by atoms with Crippen molar-refractivity contribution in [3.05, 3.63) is 36.0 Å². The van der Waals surface area contributed by atoms with E-state index in [1.807, 2.05) is 18.2 Å². The van der Waals surface area contributed by atoms with E-state index in [0.717, 1.165) is 10.9 Å². The summed E-state index contributed by atoms with van der Waals surface area (Å²) in [5.41, 5.74) is 1.32. The van der Waals surface area contributed by atoms with Gasteiger partial charge in [0.1, 0.15) is 0 Å². The molecule has 1 N–H and O–H groups in total. The zero-order valence-corrected chi connectivity index (χ0v) is 11.7. The molecule has 1 aromatic heterocycles. The molecule has 1 aliphatic heterocycles. The minimum Gasteiger partial charge on any atom is -0.467 e. The summed E-state index contributed by atoms with van der Waals surface area (Å²) in [7, 11) is 1.31. The molecule has 1 unspecified atom stereocenters. The molecule has 1 aliphatic rings. The van der Waals surface area contributed by atoms with Crippen LogP contribution in [0.2, 0.25) is 0 Å². The van der Waals surface area contributed by atoms with Gasteiger partial charge in [0.05, 0.1) is 31.4 Å². The lowest BCUT2D eigenvalue weighted by molar-refractivity contribution is -0.151. The maximum atomic E-state index is 12.8. The first-order valence-corrected chi connectivity index (χ1v) is 6.75. The Morgan fingerprint density at radius 2 is 2.24 bits per heavy atom. The molecule has 1 aromatic carbocycles. The number of hydrogen-bond acceptors (Lipinski definition) is 4. The van der Waals surface area contributed by atoms with Crippen LogP contribution in [0.5, 0.6) is 0 Å². The van der Waals surface area contributed by atoms with Crippen LogP contribution in [0.4, 0.5) is 0 Å². The van der Waals surface area contributed by atoms with Crippen molar-refractivity contribution in [2.24, 2.45) is 0 Å². The van der Waals surface area contributed by atoms with Crippen molar-refractivity contribution < 1.29 is 19.1 Å². The number of carbonyl (C=O) groups excluding carboxylic acids is 2. The fourth-order valence-corrected chi connectivity index (χ4v) is 2.60. The van der Waals surface area contributed by atoms with E-state index < -0.39 is 12.0 Å². The molecule has 0 aliphatic carbocycles. The minimum absolute atomic E-state index is 0.166. The molecule has 2 heterocycles. The van der Waals surface area contributed by atoms with Crippen LogP contribution in [0, 0.1) is 0 Å². The molecule has 6 nitrogen and oxygen atoms in total. The molecule has 0 saturated carbocycles. The summed E-state index contributed by atoms with van der Waals surface area (Å²) < 4.78 is 10.0. The number of aromatic amines is 1. The SMILES string of the molecule is COC(=O)C1COCCN1C(=O)c1cccc2cc[nH]c12. The Labute approximate surface area is 121 Å². The van der Waals surface area contributed by atoms with Gasteiger partial charge in [-0.15, -0.1) is 0 Å². The number of morpholine rings is 1. The summed E-state index contributed by atoms with van der Waals surface area (Å²) in [6.45, 7) is 0.953. The number of amides is 1. The van der Waals surface area contributed by atoms with E-state index in [1.54, 1.807) is 12.3 Å². The van der Waals surface area contributed by atoms with Crippen LogP contribution in [-0.2, 0) is 14.3 Å². The highest BCUT2D eigenvalue weighted by Gasteiger charge is 2.34. The van der Waals surface area contributed by atoms with Gasteiger partial charge in [-0.25, -0.2) is 4.79 Å². The molecule has 0 radical (unpaired) electrons. The number of benzene rings is 1. The third kappa shape index (κ3) is 2.38. The first-order valence-electron chi connectivity index (χ1n) is 6.75. The summed E-state index contributed by atoms with van der Waals surface area (Å²) in [6, 6.07) is 6.73. The fraction of sp³-hybridized carbons (Fsp3) is 0.333. The molecule has 1 amide bonds. The van der Waals surface area contributed by atoms with Crippen LogP contribution < -0.4 is 0 Å². The topological polar surface area (TPSA) is 71.6 Å². The number of H-pyrrole nitrogens is 1. The molecule has 1 saturated heterocycles. The maximum absolute atomic E-state index is 12.8. The number of ether oxygens (including phenoxy) is 2. The quantitative estimate of drug-likeness (QED) is 0.842.